The number of aromatic nitrogens is 1. The topological polar surface area (TPSA) is 33.0 Å². The molecule has 0 aliphatic rings. The second kappa shape index (κ2) is 7.20. The Labute approximate surface area is 127 Å². The molecule has 0 spiro atoms. The van der Waals surface area contributed by atoms with Crippen molar-refractivity contribution in [3.63, 3.8) is 0 Å². The molecular formula is C16H18BrN2O+. The van der Waals surface area contributed by atoms with Crippen LogP contribution in [-0.2, 0) is 17.8 Å². The summed E-state index contributed by atoms with van der Waals surface area (Å²) in [7, 11) is 0. The van der Waals surface area contributed by atoms with Gasteiger partial charge in [-0.2, -0.15) is 4.57 Å². The van der Waals surface area contributed by atoms with Crippen molar-refractivity contribution in [3.8, 4) is 0 Å². The number of benzene rings is 1. The first-order chi connectivity index (χ1) is 9.67. The minimum Gasteiger partial charge on any atom is -0.321 e. The van der Waals surface area contributed by atoms with Crippen molar-refractivity contribution in [3.05, 3.63) is 58.8 Å². The predicted octanol–water partition coefficient (Wildman–Crippen LogP) is 3.33. The Bertz CT molecular complexity index is 564. The van der Waals surface area contributed by atoms with Crippen LogP contribution in [0.5, 0.6) is 0 Å². The Morgan fingerprint density at radius 1 is 1.15 bits per heavy atom. The Morgan fingerprint density at radius 3 is 2.40 bits per heavy atom. The van der Waals surface area contributed by atoms with Gasteiger partial charge in [-0.05, 0) is 36.2 Å². The van der Waals surface area contributed by atoms with Crippen LogP contribution >= 0.6 is 15.9 Å². The number of amides is 1. The molecule has 0 radical (unpaired) electrons. The third kappa shape index (κ3) is 4.46. The maximum absolute atomic E-state index is 11.9. The maximum atomic E-state index is 11.9. The number of aryl methyl sites for hydroxylation is 1. The van der Waals surface area contributed by atoms with Crippen LogP contribution in [0.2, 0.25) is 0 Å². The predicted molar refractivity (Wildman–Crippen MR) is 83.4 cm³/mol. The molecule has 0 saturated carbocycles. The lowest BCUT2D eigenvalue weighted by Gasteiger charge is -2.03. The summed E-state index contributed by atoms with van der Waals surface area (Å²) >= 11 is 3.37. The highest BCUT2D eigenvalue weighted by Gasteiger charge is 2.09. The van der Waals surface area contributed by atoms with Gasteiger partial charge in [0.15, 0.2) is 12.4 Å². The summed E-state index contributed by atoms with van der Waals surface area (Å²) in [4.78, 5) is 11.9. The van der Waals surface area contributed by atoms with Crippen LogP contribution in [0.1, 0.15) is 18.9 Å². The molecule has 0 aliphatic heterocycles. The molecule has 2 rings (SSSR count). The number of nitrogens with one attached hydrogen (secondary N) is 1. The van der Waals surface area contributed by atoms with Crippen molar-refractivity contribution in [1.82, 2.24) is 0 Å². The van der Waals surface area contributed by atoms with E-state index in [0.717, 1.165) is 23.0 Å². The molecule has 2 aromatic rings. The molecule has 1 N–H and O–H groups in total. The van der Waals surface area contributed by atoms with Crippen molar-refractivity contribution in [2.24, 2.45) is 0 Å². The molecule has 0 aliphatic carbocycles. The number of nitrogens with zero attached hydrogens (tertiary/aromatic N) is 1. The Kier molecular flexibility index (Phi) is 5.30. The van der Waals surface area contributed by atoms with Gasteiger partial charge < -0.3 is 5.32 Å². The van der Waals surface area contributed by atoms with Gasteiger partial charge in [0.1, 0.15) is 0 Å². The quantitative estimate of drug-likeness (QED) is 0.836. The highest BCUT2D eigenvalue weighted by atomic mass is 79.9. The van der Waals surface area contributed by atoms with E-state index in [9.17, 15) is 4.79 Å². The lowest BCUT2D eigenvalue weighted by Crippen LogP contribution is -2.39. The van der Waals surface area contributed by atoms with Gasteiger partial charge in [-0.1, -0.05) is 29.3 Å². The lowest BCUT2D eigenvalue weighted by molar-refractivity contribution is -0.684. The van der Waals surface area contributed by atoms with Crippen LogP contribution in [0.4, 0.5) is 5.69 Å². The first kappa shape index (κ1) is 14.7. The number of carbonyl (C=O) groups is 1. The minimum absolute atomic E-state index is 0.0273. The first-order valence-electron chi connectivity index (χ1n) is 6.71. The van der Waals surface area contributed by atoms with Gasteiger partial charge in [-0.15, -0.1) is 0 Å². The highest BCUT2D eigenvalue weighted by Crippen LogP contribution is 2.13. The van der Waals surface area contributed by atoms with E-state index in [1.165, 1.54) is 5.56 Å². The number of carbonyl (C=O) groups excluding carboxylic acids is 1. The third-order valence-corrected chi connectivity index (χ3v) is 3.48. The van der Waals surface area contributed by atoms with Gasteiger partial charge in [0, 0.05) is 22.3 Å². The van der Waals surface area contributed by atoms with E-state index in [-0.39, 0.29) is 5.91 Å². The van der Waals surface area contributed by atoms with E-state index in [4.69, 9.17) is 0 Å². The molecule has 4 heteroatoms. The van der Waals surface area contributed by atoms with Crippen molar-refractivity contribution < 1.29 is 9.36 Å². The highest BCUT2D eigenvalue weighted by molar-refractivity contribution is 9.10. The summed E-state index contributed by atoms with van der Waals surface area (Å²) in [5.74, 6) is -0.0273. The Hall–Kier alpha value is -1.68. The zero-order chi connectivity index (χ0) is 14.4. The smallest absolute Gasteiger partial charge is 0.290 e. The molecule has 104 valence electrons. The SMILES string of the molecule is CCCc1cc[n+](CC(=O)Nc2ccc(Br)cc2)cc1. The van der Waals surface area contributed by atoms with E-state index in [1.807, 2.05) is 41.2 Å². The maximum Gasteiger partial charge on any atom is 0.290 e. The number of halogens is 1. The zero-order valence-corrected chi connectivity index (χ0v) is 13.1. The average molecular weight is 334 g/mol. The molecule has 1 amide bonds. The molecule has 0 fully saturated rings. The van der Waals surface area contributed by atoms with E-state index >= 15 is 0 Å². The summed E-state index contributed by atoms with van der Waals surface area (Å²) in [6.07, 6.45) is 6.11. The number of anilines is 1. The molecule has 0 saturated heterocycles. The van der Waals surface area contributed by atoms with Crippen molar-refractivity contribution in [2.45, 2.75) is 26.3 Å². The third-order valence-electron chi connectivity index (χ3n) is 2.95. The second-order valence-corrected chi connectivity index (χ2v) is 5.60. The molecule has 1 heterocycles. The fourth-order valence-electron chi connectivity index (χ4n) is 1.95. The van der Waals surface area contributed by atoms with Crippen LogP contribution in [0, 0.1) is 0 Å². The monoisotopic (exact) mass is 333 g/mol. The Morgan fingerprint density at radius 2 is 1.80 bits per heavy atom. The van der Waals surface area contributed by atoms with E-state index in [1.54, 1.807) is 0 Å². The summed E-state index contributed by atoms with van der Waals surface area (Å²) < 4.78 is 2.88. The molecule has 0 unspecified atom stereocenters. The van der Waals surface area contributed by atoms with Crippen LogP contribution in [0.25, 0.3) is 0 Å². The largest absolute Gasteiger partial charge is 0.321 e. The number of hydrogen-bond acceptors (Lipinski definition) is 1. The summed E-state index contributed by atoms with van der Waals surface area (Å²) in [5, 5.41) is 2.88. The molecule has 0 atom stereocenters. The van der Waals surface area contributed by atoms with Gasteiger partial charge in [0.05, 0.1) is 0 Å². The van der Waals surface area contributed by atoms with Gasteiger partial charge in [-0.3, -0.25) is 4.79 Å². The van der Waals surface area contributed by atoms with Gasteiger partial charge in [-0.25, -0.2) is 0 Å². The van der Waals surface area contributed by atoms with Crippen LogP contribution in [-0.4, -0.2) is 5.91 Å². The van der Waals surface area contributed by atoms with Gasteiger partial charge in [0.2, 0.25) is 6.54 Å². The molecule has 20 heavy (non-hydrogen) atoms. The first-order valence-corrected chi connectivity index (χ1v) is 7.50. The molecule has 1 aromatic heterocycles. The van der Waals surface area contributed by atoms with Gasteiger partial charge in [0.25, 0.3) is 5.91 Å². The number of pyridine rings is 1. The van der Waals surface area contributed by atoms with Crippen LogP contribution in [0.15, 0.2) is 53.3 Å². The second-order valence-electron chi connectivity index (χ2n) is 4.68. The average Bonchev–Trinajstić information content (AvgIpc) is 2.44. The summed E-state index contributed by atoms with van der Waals surface area (Å²) in [5.41, 5.74) is 2.11. The number of hydrogen-bond donors (Lipinski definition) is 1. The van der Waals surface area contributed by atoms with Crippen LogP contribution in [0.3, 0.4) is 0 Å². The molecule has 1 aromatic carbocycles. The molecular weight excluding hydrogens is 316 g/mol. The van der Waals surface area contributed by atoms with Crippen molar-refractivity contribution in [1.29, 1.82) is 0 Å². The van der Waals surface area contributed by atoms with Crippen LogP contribution < -0.4 is 9.88 Å². The summed E-state index contributed by atoms with van der Waals surface area (Å²) in [6.45, 7) is 2.48. The van der Waals surface area contributed by atoms with E-state index in [0.29, 0.717) is 6.54 Å². The number of rotatable bonds is 5. The van der Waals surface area contributed by atoms with Crippen molar-refractivity contribution in [2.75, 3.05) is 5.32 Å². The standard InChI is InChI=1S/C16H17BrN2O/c1-2-3-13-8-10-19(11-9-13)12-16(20)18-15-6-4-14(17)5-7-15/h4-11H,2-3,12H2,1H3/p+1. The Balaban J connectivity index is 1.92. The van der Waals surface area contributed by atoms with Gasteiger partial charge >= 0.3 is 0 Å². The van der Waals surface area contributed by atoms with E-state index < -0.39 is 0 Å². The minimum atomic E-state index is -0.0273. The zero-order valence-electron chi connectivity index (χ0n) is 11.5. The fourth-order valence-corrected chi connectivity index (χ4v) is 2.21. The molecule has 0 bridgehead atoms. The van der Waals surface area contributed by atoms with Crippen molar-refractivity contribution >= 4 is 27.5 Å². The lowest BCUT2D eigenvalue weighted by atomic mass is 10.2. The summed E-state index contributed by atoms with van der Waals surface area (Å²) in [6, 6.07) is 11.7. The fraction of sp³-hybridized carbons (Fsp3) is 0.250. The normalized spacial score (nSPS) is 10.3. The molecule has 3 nitrogen and oxygen atoms in total. The van der Waals surface area contributed by atoms with E-state index in [2.05, 4.69) is 40.3 Å².